The third-order valence-corrected chi connectivity index (χ3v) is 6.59. The summed E-state index contributed by atoms with van der Waals surface area (Å²) < 4.78 is 5.24. The molecule has 188 valence electrons. The van der Waals surface area contributed by atoms with E-state index < -0.39 is 11.8 Å². The van der Waals surface area contributed by atoms with Crippen LogP contribution in [-0.4, -0.2) is 42.9 Å². The monoisotopic (exact) mass is 500 g/mol. The number of ether oxygens (including phenoxy) is 1. The van der Waals surface area contributed by atoms with Crippen LogP contribution in [-0.2, 0) is 0 Å². The van der Waals surface area contributed by atoms with Crippen molar-refractivity contribution in [1.29, 1.82) is 0 Å². The summed E-state index contributed by atoms with van der Waals surface area (Å²) in [6.07, 6.45) is 1.78. The van der Waals surface area contributed by atoms with Gasteiger partial charge in [-0.05, 0) is 58.7 Å². The summed E-state index contributed by atoms with van der Waals surface area (Å²) in [4.78, 5) is 0. The lowest BCUT2D eigenvalue weighted by Crippen LogP contribution is -2.08. The molecule has 4 aromatic carbocycles. The summed E-state index contributed by atoms with van der Waals surface area (Å²) in [7, 11) is 1.43. The molecule has 7 N–H and O–H groups in total. The number of aromatic hydroxyl groups is 7. The van der Waals surface area contributed by atoms with Crippen molar-refractivity contribution in [3.05, 3.63) is 94.5 Å². The second-order valence-electron chi connectivity index (χ2n) is 8.94. The number of benzene rings is 4. The molecule has 0 aromatic heterocycles. The maximum Gasteiger partial charge on any atom is 0.161 e. The van der Waals surface area contributed by atoms with Crippen LogP contribution < -0.4 is 4.74 Å². The molecule has 0 spiro atoms. The SMILES string of the molecule is COc1cc(C=C2c3cc(O)cc(O)c3[C@H](c3ccc(O)cc3O)[C@H]2c2cc(O)cc(O)c2)ccc1O. The van der Waals surface area contributed by atoms with Gasteiger partial charge in [0.25, 0.3) is 0 Å². The highest BCUT2D eigenvalue weighted by atomic mass is 16.5. The lowest BCUT2D eigenvalue weighted by atomic mass is 9.79. The number of rotatable bonds is 4. The van der Waals surface area contributed by atoms with Crippen molar-refractivity contribution in [1.82, 2.24) is 0 Å². The summed E-state index contributed by atoms with van der Waals surface area (Å²) in [6.45, 7) is 0. The van der Waals surface area contributed by atoms with Crippen LogP contribution in [0.2, 0.25) is 0 Å². The van der Waals surface area contributed by atoms with E-state index in [1.54, 1.807) is 18.2 Å². The second-order valence-corrected chi connectivity index (χ2v) is 8.94. The molecule has 0 heterocycles. The Morgan fingerprint density at radius 2 is 1.30 bits per heavy atom. The first-order valence-corrected chi connectivity index (χ1v) is 11.4. The van der Waals surface area contributed by atoms with Crippen molar-refractivity contribution in [3.63, 3.8) is 0 Å². The van der Waals surface area contributed by atoms with Crippen molar-refractivity contribution in [2.45, 2.75) is 11.8 Å². The maximum atomic E-state index is 11.0. The number of hydrogen-bond acceptors (Lipinski definition) is 8. The Hall–Kier alpha value is -4.98. The van der Waals surface area contributed by atoms with E-state index in [4.69, 9.17) is 4.74 Å². The van der Waals surface area contributed by atoms with Gasteiger partial charge in [-0.2, -0.15) is 0 Å². The molecule has 0 saturated heterocycles. The number of allylic oxidation sites excluding steroid dienone is 1. The smallest absolute Gasteiger partial charge is 0.161 e. The van der Waals surface area contributed by atoms with E-state index in [1.165, 1.54) is 61.7 Å². The van der Waals surface area contributed by atoms with E-state index in [2.05, 4.69) is 0 Å². The number of phenols is 7. The molecule has 37 heavy (non-hydrogen) atoms. The van der Waals surface area contributed by atoms with Gasteiger partial charge >= 0.3 is 0 Å². The standard InChI is InChI=1S/C29H24O8/c1-37-26-7-14(2-5-23(26)34)6-21-22-11-19(33)13-25(36)28(22)29(20-4-3-16(30)12-24(20)35)27(21)15-8-17(31)10-18(32)9-15/h2-13,27,29-36H,1H3/t27-,29+/m0/s1. The van der Waals surface area contributed by atoms with Gasteiger partial charge in [0.15, 0.2) is 11.5 Å². The molecule has 0 bridgehead atoms. The van der Waals surface area contributed by atoms with Gasteiger partial charge < -0.3 is 40.5 Å². The molecule has 1 aliphatic carbocycles. The van der Waals surface area contributed by atoms with Crippen LogP contribution in [0.3, 0.4) is 0 Å². The van der Waals surface area contributed by atoms with Gasteiger partial charge in [-0.15, -0.1) is 0 Å². The predicted molar refractivity (Wildman–Crippen MR) is 136 cm³/mol. The molecule has 4 aromatic rings. The second kappa shape index (κ2) is 8.91. The Kier molecular flexibility index (Phi) is 5.72. The third-order valence-electron chi connectivity index (χ3n) is 6.59. The topological polar surface area (TPSA) is 151 Å². The number of phenolic OH excluding ortho intramolecular Hbond substituents is 7. The van der Waals surface area contributed by atoms with Gasteiger partial charge in [0, 0.05) is 41.2 Å². The van der Waals surface area contributed by atoms with Crippen LogP contribution in [0.25, 0.3) is 11.6 Å². The minimum absolute atomic E-state index is 0.0480. The molecule has 2 atom stereocenters. The van der Waals surface area contributed by atoms with Crippen LogP contribution in [0.1, 0.15) is 39.7 Å². The van der Waals surface area contributed by atoms with Gasteiger partial charge in [-0.3, -0.25) is 0 Å². The Morgan fingerprint density at radius 3 is 1.97 bits per heavy atom. The Labute approximate surface area is 211 Å². The molecule has 0 unspecified atom stereocenters. The molecule has 0 saturated carbocycles. The highest BCUT2D eigenvalue weighted by Gasteiger charge is 2.42. The van der Waals surface area contributed by atoms with E-state index in [-0.39, 0.29) is 46.0 Å². The molecule has 8 heteroatoms. The number of fused-ring (bicyclic) bond motifs is 1. The summed E-state index contributed by atoms with van der Waals surface area (Å²) in [5, 5.41) is 72.7. The Morgan fingerprint density at radius 1 is 0.622 bits per heavy atom. The fourth-order valence-corrected chi connectivity index (χ4v) is 5.13. The lowest BCUT2D eigenvalue weighted by Gasteiger charge is -2.24. The first-order valence-electron chi connectivity index (χ1n) is 11.4. The molecule has 0 fully saturated rings. The number of methoxy groups -OCH3 is 1. The van der Waals surface area contributed by atoms with E-state index in [0.29, 0.717) is 33.4 Å². The average molecular weight is 501 g/mol. The molecular formula is C29H24O8. The van der Waals surface area contributed by atoms with Gasteiger partial charge in [-0.1, -0.05) is 18.2 Å². The highest BCUT2D eigenvalue weighted by molar-refractivity contribution is 5.93. The van der Waals surface area contributed by atoms with E-state index in [0.717, 1.165) is 0 Å². The van der Waals surface area contributed by atoms with Crippen molar-refractivity contribution in [2.24, 2.45) is 0 Å². The first kappa shape index (κ1) is 23.7. The molecule has 5 rings (SSSR count). The summed E-state index contributed by atoms with van der Waals surface area (Å²) in [6, 6.07) is 15.7. The molecule has 0 aliphatic heterocycles. The van der Waals surface area contributed by atoms with Crippen LogP contribution in [0, 0.1) is 0 Å². The maximum absolute atomic E-state index is 11.0. The summed E-state index contributed by atoms with van der Waals surface area (Å²) in [5.41, 5.74) is 2.96. The molecule has 0 amide bonds. The average Bonchev–Trinajstić information content (AvgIpc) is 3.13. The van der Waals surface area contributed by atoms with Crippen LogP contribution >= 0.6 is 0 Å². The van der Waals surface area contributed by atoms with Crippen molar-refractivity contribution >= 4 is 11.6 Å². The van der Waals surface area contributed by atoms with Crippen LogP contribution in [0.4, 0.5) is 0 Å². The first-order chi connectivity index (χ1) is 17.7. The van der Waals surface area contributed by atoms with Crippen LogP contribution in [0.5, 0.6) is 46.0 Å². The largest absolute Gasteiger partial charge is 0.508 e. The van der Waals surface area contributed by atoms with Crippen molar-refractivity contribution in [2.75, 3.05) is 7.11 Å². The van der Waals surface area contributed by atoms with E-state index in [1.807, 2.05) is 0 Å². The predicted octanol–water partition coefficient (Wildman–Crippen LogP) is 5.10. The van der Waals surface area contributed by atoms with Gasteiger partial charge in [-0.25, -0.2) is 0 Å². The van der Waals surface area contributed by atoms with E-state index in [9.17, 15) is 35.7 Å². The normalized spacial score (nSPS) is 17.6. The summed E-state index contributed by atoms with van der Waals surface area (Å²) in [5.74, 6) is -2.34. The zero-order chi connectivity index (χ0) is 26.4. The zero-order valence-corrected chi connectivity index (χ0v) is 19.6. The molecule has 8 nitrogen and oxygen atoms in total. The highest BCUT2D eigenvalue weighted by Crippen LogP contribution is 2.60. The Balaban J connectivity index is 1.85. The Bertz CT molecular complexity index is 1540. The lowest BCUT2D eigenvalue weighted by molar-refractivity contribution is 0.373. The fourth-order valence-electron chi connectivity index (χ4n) is 5.13. The number of hydrogen-bond donors (Lipinski definition) is 7. The van der Waals surface area contributed by atoms with E-state index >= 15 is 0 Å². The van der Waals surface area contributed by atoms with Crippen LogP contribution in [0.15, 0.2) is 66.7 Å². The molecule has 0 radical (unpaired) electrons. The van der Waals surface area contributed by atoms with Gasteiger partial charge in [0.05, 0.1) is 7.11 Å². The quantitative estimate of drug-likeness (QED) is 0.204. The fraction of sp³-hybridized carbons (Fsp3) is 0.103. The van der Waals surface area contributed by atoms with Gasteiger partial charge in [0.2, 0.25) is 0 Å². The third kappa shape index (κ3) is 4.18. The van der Waals surface area contributed by atoms with Crippen molar-refractivity contribution in [3.8, 4) is 46.0 Å². The van der Waals surface area contributed by atoms with Crippen molar-refractivity contribution < 1.29 is 40.5 Å². The molecule has 1 aliphatic rings. The minimum Gasteiger partial charge on any atom is -0.508 e. The minimum atomic E-state index is -0.734. The summed E-state index contributed by atoms with van der Waals surface area (Å²) >= 11 is 0. The molecular weight excluding hydrogens is 476 g/mol. The van der Waals surface area contributed by atoms with Gasteiger partial charge in [0.1, 0.15) is 34.5 Å². The zero-order valence-electron chi connectivity index (χ0n) is 19.6.